The second-order valence-corrected chi connectivity index (χ2v) is 4.90. The Morgan fingerprint density at radius 2 is 2.25 bits per heavy atom. The fourth-order valence-corrected chi connectivity index (χ4v) is 2.28. The third-order valence-corrected chi connectivity index (χ3v) is 3.26. The predicted molar refractivity (Wildman–Crippen MR) is 75.8 cm³/mol. The number of carbonyl (C=O) groups is 1. The number of benzene rings is 1. The van der Waals surface area contributed by atoms with Crippen molar-refractivity contribution in [1.82, 2.24) is 9.55 Å². The Bertz CT molecular complexity index is 643. The summed E-state index contributed by atoms with van der Waals surface area (Å²) in [7, 11) is 0. The zero-order valence-corrected chi connectivity index (χ0v) is 12.3. The summed E-state index contributed by atoms with van der Waals surface area (Å²) in [6.07, 6.45) is 0.467. The van der Waals surface area contributed by atoms with Crippen LogP contribution in [0.2, 0.25) is 5.02 Å². The summed E-state index contributed by atoms with van der Waals surface area (Å²) in [5.41, 5.74) is 1.03. The first kappa shape index (κ1) is 15.1. The molecule has 0 amide bonds. The molecule has 0 N–H and O–H groups in total. The highest BCUT2D eigenvalue weighted by molar-refractivity contribution is 6.31. The van der Waals surface area contributed by atoms with Crippen LogP contribution in [0.5, 0.6) is 0 Å². The quantitative estimate of drug-likeness (QED) is 0.628. The molecular formula is C13H13Cl2FN2O2. The predicted octanol–water partition coefficient (Wildman–Crippen LogP) is 3.17. The largest absolute Gasteiger partial charge is 0.465 e. The van der Waals surface area contributed by atoms with Gasteiger partial charge in [0.15, 0.2) is 0 Å². The molecular weight excluding hydrogens is 306 g/mol. The highest BCUT2D eigenvalue weighted by Gasteiger charge is 2.16. The Labute approximate surface area is 125 Å². The molecule has 4 nitrogen and oxygen atoms in total. The number of hydrogen-bond acceptors (Lipinski definition) is 3. The van der Waals surface area contributed by atoms with Crippen molar-refractivity contribution < 1.29 is 13.9 Å². The van der Waals surface area contributed by atoms with Gasteiger partial charge in [0.05, 0.1) is 22.7 Å². The van der Waals surface area contributed by atoms with Crippen LogP contribution < -0.4 is 0 Å². The van der Waals surface area contributed by atoms with E-state index < -0.39 is 5.82 Å². The lowest BCUT2D eigenvalue weighted by Gasteiger charge is -2.08. The van der Waals surface area contributed by atoms with E-state index in [0.29, 0.717) is 35.8 Å². The van der Waals surface area contributed by atoms with E-state index in [0.717, 1.165) is 0 Å². The number of aromatic nitrogens is 2. The first-order valence-electron chi connectivity index (χ1n) is 6.12. The molecule has 20 heavy (non-hydrogen) atoms. The number of rotatable bonds is 5. The van der Waals surface area contributed by atoms with E-state index in [-0.39, 0.29) is 17.5 Å². The summed E-state index contributed by atoms with van der Waals surface area (Å²) < 4.78 is 20.0. The zero-order chi connectivity index (χ0) is 14.7. The van der Waals surface area contributed by atoms with E-state index in [2.05, 4.69) is 4.98 Å². The van der Waals surface area contributed by atoms with Crippen molar-refractivity contribution in [3.63, 3.8) is 0 Å². The van der Waals surface area contributed by atoms with Gasteiger partial charge >= 0.3 is 5.97 Å². The average molecular weight is 319 g/mol. The van der Waals surface area contributed by atoms with E-state index in [1.807, 2.05) is 0 Å². The van der Waals surface area contributed by atoms with Gasteiger partial charge < -0.3 is 9.30 Å². The minimum absolute atomic E-state index is 0.00146. The van der Waals surface area contributed by atoms with Crippen molar-refractivity contribution in [1.29, 1.82) is 0 Å². The molecule has 0 saturated carbocycles. The maximum atomic E-state index is 13.5. The lowest BCUT2D eigenvalue weighted by molar-refractivity contribution is -0.143. The topological polar surface area (TPSA) is 44.1 Å². The second-order valence-electron chi connectivity index (χ2n) is 4.11. The van der Waals surface area contributed by atoms with E-state index in [1.165, 1.54) is 12.1 Å². The summed E-state index contributed by atoms with van der Waals surface area (Å²) in [5, 5.41) is -0.0140. The number of nitrogens with zero attached hydrogens (tertiary/aromatic N) is 2. The van der Waals surface area contributed by atoms with Crippen molar-refractivity contribution in [2.24, 2.45) is 0 Å². The molecule has 0 aliphatic rings. The fraction of sp³-hybridized carbons (Fsp3) is 0.385. The molecule has 0 radical (unpaired) electrons. The van der Waals surface area contributed by atoms with Crippen molar-refractivity contribution in [3.05, 3.63) is 28.8 Å². The lowest BCUT2D eigenvalue weighted by atomic mass is 10.3. The monoisotopic (exact) mass is 318 g/mol. The summed E-state index contributed by atoms with van der Waals surface area (Å²) in [6, 6.07) is 2.70. The van der Waals surface area contributed by atoms with Gasteiger partial charge in [-0.05, 0) is 13.0 Å². The van der Waals surface area contributed by atoms with Crippen LogP contribution in [0.4, 0.5) is 4.39 Å². The smallest absolute Gasteiger partial charge is 0.326 e. The molecule has 7 heteroatoms. The maximum Gasteiger partial charge on any atom is 0.326 e. The van der Waals surface area contributed by atoms with Gasteiger partial charge in [0, 0.05) is 18.4 Å². The minimum Gasteiger partial charge on any atom is -0.465 e. The molecule has 108 valence electrons. The molecule has 0 aliphatic carbocycles. The summed E-state index contributed by atoms with van der Waals surface area (Å²) in [5.74, 6) is 0.0210. The average Bonchev–Trinajstić information content (AvgIpc) is 2.69. The Hall–Kier alpha value is -1.33. The Balaban J connectivity index is 2.50. The molecule has 0 saturated heterocycles. The van der Waals surface area contributed by atoms with Gasteiger partial charge in [-0.3, -0.25) is 4.79 Å². The third kappa shape index (κ3) is 3.04. The molecule has 0 fully saturated rings. The number of halogens is 3. The molecule has 0 bridgehead atoms. The standard InChI is InChI=1S/C13H13Cl2FN2O2/c1-2-20-13(19)7-18-11-5-8(15)9(16)6-10(11)17-12(18)3-4-14/h5-6H,2-4,7H2,1H3. The first-order valence-corrected chi connectivity index (χ1v) is 7.03. The van der Waals surface area contributed by atoms with E-state index >= 15 is 0 Å². The van der Waals surface area contributed by atoms with Crippen LogP contribution in [0.1, 0.15) is 12.7 Å². The number of ether oxygens (including phenoxy) is 1. The molecule has 1 heterocycles. The summed E-state index contributed by atoms with van der Waals surface area (Å²) in [4.78, 5) is 15.9. The Morgan fingerprint density at radius 3 is 2.90 bits per heavy atom. The van der Waals surface area contributed by atoms with E-state index in [9.17, 15) is 9.18 Å². The van der Waals surface area contributed by atoms with Crippen LogP contribution in [-0.4, -0.2) is 28.0 Å². The molecule has 1 aromatic carbocycles. The number of carbonyl (C=O) groups excluding carboxylic acids is 1. The summed E-state index contributed by atoms with van der Waals surface area (Å²) in [6.45, 7) is 2.03. The molecule has 2 aromatic rings. The molecule has 0 atom stereocenters. The normalized spacial score (nSPS) is 11.0. The van der Waals surface area contributed by atoms with Gasteiger partial charge in [-0.25, -0.2) is 9.37 Å². The van der Waals surface area contributed by atoms with Crippen LogP contribution >= 0.6 is 23.2 Å². The SMILES string of the molecule is CCOC(=O)Cn1c(CCCl)nc2cc(F)c(Cl)cc21. The second kappa shape index (κ2) is 6.41. The van der Waals surface area contributed by atoms with E-state index in [1.54, 1.807) is 11.5 Å². The highest BCUT2D eigenvalue weighted by atomic mass is 35.5. The van der Waals surface area contributed by atoms with E-state index in [4.69, 9.17) is 27.9 Å². The van der Waals surface area contributed by atoms with Gasteiger partial charge in [-0.2, -0.15) is 0 Å². The van der Waals surface area contributed by atoms with Crippen LogP contribution in [0.15, 0.2) is 12.1 Å². The van der Waals surface area contributed by atoms with Crippen LogP contribution in [0.25, 0.3) is 11.0 Å². The number of imidazole rings is 1. The maximum absolute atomic E-state index is 13.5. The molecule has 2 rings (SSSR count). The van der Waals surface area contributed by atoms with Crippen molar-refractivity contribution in [3.8, 4) is 0 Å². The first-order chi connectivity index (χ1) is 9.56. The van der Waals surface area contributed by atoms with Gasteiger partial charge in [0.2, 0.25) is 0 Å². The molecule has 0 unspecified atom stereocenters. The van der Waals surface area contributed by atoms with Crippen LogP contribution in [0.3, 0.4) is 0 Å². The molecule has 0 spiro atoms. The minimum atomic E-state index is -0.544. The lowest BCUT2D eigenvalue weighted by Crippen LogP contribution is -2.15. The Morgan fingerprint density at radius 1 is 1.50 bits per heavy atom. The molecule has 0 aliphatic heterocycles. The van der Waals surface area contributed by atoms with Crippen LogP contribution in [0, 0.1) is 5.82 Å². The highest BCUT2D eigenvalue weighted by Crippen LogP contribution is 2.24. The zero-order valence-electron chi connectivity index (χ0n) is 10.8. The van der Waals surface area contributed by atoms with Gasteiger partial charge in [0.25, 0.3) is 0 Å². The van der Waals surface area contributed by atoms with Crippen LogP contribution in [-0.2, 0) is 22.5 Å². The third-order valence-electron chi connectivity index (χ3n) is 2.78. The number of hydrogen-bond donors (Lipinski definition) is 0. The van der Waals surface area contributed by atoms with Gasteiger partial charge in [-0.1, -0.05) is 11.6 Å². The number of fused-ring (bicyclic) bond motifs is 1. The molecule has 1 aromatic heterocycles. The van der Waals surface area contributed by atoms with Crippen molar-refractivity contribution in [2.45, 2.75) is 19.9 Å². The van der Waals surface area contributed by atoms with Crippen molar-refractivity contribution >= 4 is 40.2 Å². The number of esters is 1. The van der Waals surface area contributed by atoms with Gasteiger partial charge in [0.1, 0.15) is 18.2 Å². The number of alkyl halides is 1. The Kier molecular flexibility index (Phi) is 4.83. The van der Waals surface area contributed by atoms with Crippen molar-refractivity contribution in [2.75, 3.05) is 12.5 Å². The number of aryl methyl sites for hydroxylation is 1. The summed E-state index contributed by atoms with van der Waals surface area (Å²) >= 11 is 11.5. The fourth-order valence-electron chi connectivity index (χ4n) is 1.96. The van der Waals surface area contributed by atoms with Gasteiger partial charge in [-0.15, -0.1) is 11.6 Å².